The number of hydrogen-bond donors (Lipinski definition) is 1. The van der Waals surface area contributed by atoms with Crippen LogP contribution in [0.4, 0.5) is 11.4 Å². The quantitative estimate of drug-likeness (QED) is 0.466. The van der Waals surface area contributed by atoms with Crippen LogP contribution in [0.15, 0.2) is 36.4 Å². The third kappa shape index (κ3) is 3.73. The number of ether oxygens (including phenoxy) is 2. The number of carbonyl (C=O) groups excluding carboxylic acids is 1. The van der Waals surface area contributed by atoms with Gasteiger partial charge in [0, 0.05) is 29.2 Å². The van der Waals surface area contributed by atoms with E-state index < -0.39 is 4.92 Å². The summed E-state index contributed by atoms with van der Waals surface area (Å²) in [6, 6.07) is 10.1. The van der Waals surface area contributed by atoms with Crippen LogP contribution in [-0.4, -0.2) is 29.1 Å². The number of nitro groups is 1. The van der Waals surface area contributed by atoms with E-state index in [2.05, 4.69) is 5.32 Å². The summed E-state index contributed by atoms with van der Waals surface area (Å²) in [7, 11) is 1.36. The van der Waals surface area contributed by atoms with Gasteiger partial charge >= 0.3 is 5.69 Å². The molecule has 8 nitrogen and oxygen atoms in total. The van der Waals surface area contributed by atoms with Gasteiger partial charge in [0.25, 0.3) is 5.91 Å². The molecule has 1 heterocycles. The van der Waals surface area contributed by atoms with Crippen LogP contribution in [0.25, 0.3) is 10.9 Å². The molecule has 29 heavy (non-hydrogen) atoms. The molecule has 0 saturated heterocycles. The molecule has 1 aromatic heterocycles. The summed E-state index contributed by atoms with van der Waals surface area (Å²) in [4.78, 5) is 23.8. The van der Waals surface area contributed by atoms with Crippen molar-refractivity contribution in [1.29, 1.82) is 0 Å². The molecule has 1 N–H and O–H groups in total. The zero-order valence-corrected chi connectivity index (χ0v) is 16.8. The average molecular weight is 397 g/mol. The third-order valence-electron chi connectivity index (χ3n) is 4.76. The Kier molecular flexibility index (Phi) is 5.72. The van der Waals surface area contributed by atoms with Gasteiger partial charge in [-0.05, 0) is 56.7 Å². The first-order valence-corrected chi connectivity index (χ1v) is 9.30. The number of anilines is 1. The average Bonchev–Trinajstić information content (AvgIpc) is 2.99. The maximum Gasteiger partial charge on any atom is 0.312 e. The number of methoxy groups -OCH3 is 1. The van der Waals surface area contributed by atoms with Crippen molar-refractivity contribution >= 4 is 28.2 Å². The lowest BCUT2D eigenvalue weighted by atomic mass is 10.1. The number of rotatable bonds is 7. The molecule has 0 saturated carbocycles. The van der Waals surface area contributed by atoms with Crippen LogP contribution in [-0.2, 0) is 6.54 Å². The normalized spacial score (nSPS) is 10.8. The molecule has 0 aliphatic rings. The van der Waals surface area contributed by atoms with E-state index in [-0.39, 0.29) is 17.3 Å². The summed E-state index contributed by atoms with van der Waals surface area (Å²) in [5.74, 6) is 0.544. The molecule has 0 bridgehead atoms. The van der Waals surface area contributed by atoms with Crippen LogP contribution in [0.1, 0.15) is 29.9 Å². The maximum atomic E-state index is 13.1. The maximum absolute atomic E-state index is 13.1. The van der Waals surface area contributed by atoms with Crippen molar-refractivity contribution in [2.24, 2.45) is 0 Å². The molecule has 1 amide bonds. The van der Waals surface area contributed by atoms with Gasteiger partial charge in [-0.25, -0.2) is 0 Å². The number of aromatic nitrogens is 1. The SMILES string of the molecule is CCOc1ccc2c(c1)c(C)c(C(=O)Nc1ccc(OC)c([N+](=O)[O-])c1)n2CC. The number of amides is 1. The zero-order chi connectivity index (χ0) is 21.1. The number of nitrogens with one attached hydrogen (secondary N) is 1. The fourth-order valence-corrected chi connectivity index (χ4v) is 3.48. The molecule has 0 atom stereocenters. The summed E-state index contributed by atoms with van der Waals surface area (Å²) >= 11 is 0. The minimum absolute atomic E-state index is 0.135. The second-order valence-electron chi connectivity index (χ2n) is 6.43. The molecule has 0 aliphatic carbocycles. The molecule has 0 unspecified atom stereocenters. The highest BCUT2D eigenvalue weighted by atomic mass is 16.6. The Labute approximate surface area is 168 Å². The van der Waals surface area contributed by atoms with E-state index in [0.717, 1.165) is 22.2 Å². The van der Waals surface area contributed by atoms with Gasteiger partial charge in [-0.1, -0.05) is 0 Å². The van der Waals surface area contributed by atoms with Gasteiger partial charge in [-0.2, -0.15) is 0 Å². The smallest absolute Gasteiger partial charge is 0.312 e. The second kappa shape index (κ2) is 8.22. The fraction of sp³-hybridized carbons (Fsp3) is 0.286. The van der Waals surface area contributed by atoms with Crippen LogP contribution < -0.4 is 14.8 Å². The van der Waals surface area contributed by atoms with Crippen molar-refractivity contribution in [3.8, 4) is 11.5 Å². The molecular formula is C21H23N3O5. The second-order valence-corrected chi connectivity index (χ2v) is 6.43. The van der Waals surface area contributed by atoms with Crippen molar-refractivity contribution in [2.75, 3.05) is 19.0 Å². The monoisotopic (exact) mass is 397 g/mol. The third-order valence-corrected chi connectivity index (χ3v) is 4.76. The Morgan fingerprint density at radius 1 is 1.21 bits per heavy atom. The minimum atomic E-state index is -0.544. The first kappa shape index (κ1) is 20.2. The largest absolute Gasteiger partial charge is 0.494 e. The van der Waals surface area contributed by atoms with Crippen molar-refractivity contribution in [2.45, 2.75) is 27.3 Å². The Balaban J connectivity index is 2.02. The molecule has 2 aromatic carbocycles. The zero-order valence-electron chi connectivity index (χ0n) is 16.8. The van der Waals surface area contributed by atoms with E-state index in [9.17, 15) is 14.9 Å². The summed E-state index contributed by atoms with van der Waals surface area (Å²) in [6.45, 7) is 6.92. The van der Waals surface area contributed by atoms with E-state index in [0.29, 0.717) is 24.5 Å². The van der Waals surface area contributed by atoms with Crippen LogP contribution in [0.2, 0.25) is 0 Å². The standard InChI is InChI=1S/C21H23N3O5/c1-5-23-17-9-8-15(29-6-2)12-16(17)13(3)20(23)21(25)22-14-7-10-19(28-4)18(11-14)24(26)27/h7-12H,5-6H2,1-4H3,(H,22,25). The van der Waals surface area contributed by atoms with Crippen molar-refractivity contribution in [1.82, 2.24) is 4.57 Å². The Bertz CT molecular complexity index is 1090. The Hall–Kier alpha value is -3.55. The van der Waals surface area contributed by atoms with Crippen LogP contribution in [0.3, 0.4) is 0 Å². The molecule has 3 aromatic rings. The first-order chi connectivity index (χ1) is 13.9. The Morgan fingerprint density at radius 3 is 2.59 bits per heavy atom. The molecule has 8 heteroatoms. The van der Waals surface area contributed by atoms with E-state index >= 15 is 0 Å². The topological polar surface area (TPSA) is 95.6 Å². The summed E-state index contributed by atoms with van der Waals surface area (Å²) in [5.41, 5.74) is 2.38. The highest BCUT2D eigenvalue weighted by Crippen LogP contribution is 2.32. The van der Waals surface area contributed by atoms with Gasteiger partial charge in [0.15, 0.2) is 5.75 Å². The fourth-order valence-electron chi connectivity index (χ4n) is 3.48. The highest BCUT2D eigenvalue weighted by molar-refractivity contribution is 6.08. The van der Waals surface area contributed by atoms with Gasteiger partial charge in [0.2, 0.25) is 0 Å². The number of fused-ring (bicyclic) bond motifs is 1. The van der Waals surface area contributed by atoms with Crippen LogP contribution in [0.5, 0.6) is 11.5 Å². The summed E-state index contributed by atoms with van der Waals surface area (Å²) in [6.07, 6.45) is 0. The van der Waals surface area contributed by atoms with Gasteiger partial charge in [0.1, 0.15) is 11.4 Å². The van der Waals surface area contributed by atoms with E-state index in [1.165, 1.54) is 19.2 Å². The van der Waals surface area contributed by atoms with E-state index in [1.807, 2.05) is 43.5 Å². The molecule has 0 fully saturated rings. The van der Waals surface area contributed by atoms with Crippen LogP contribution >= 0.6 is 0 Å². The van der Waals surface area contributed by atoms with Crippen LogP contribution in [0, 0.1) is 17.0 Å². The Morgan fingerprint density at radius 2 is 1.97 bits per heavy atom. The van der Waals surface area contributed by atoms with Gasteiger partial charge in [0.05, 0.1) is 18.6 Å². The minimum Gasteiger partial charge on any atom is -0.494 e. The number of nitrogens with zero attached hydrogens (tertiary/aromatic N) is 2. The van der Waals surface area contributed by atoms with Crippen molar-refractivity contribution < 1.29 is 19.2 Å². The molecule has 3 rings (SSSR count). The summed E-state index contributed by atoms with van der Waals surface area (Å²) < 4.78 is 12.5. The lowest BCUT2D eigenvalue weighted by Gasteiger charge is -2.11. The van der Waals surface area contributed by atoms with E-state index in [4.69, 9.17) is 9.47 Å². The van der Waals surface area contributed by atoms with Gasteiger partial charge < -0.3 is 19.4 Å². The van der Waals surface area contributed by atoms with Gasteiger partial charge in [-0.3, -0.25) is 14.9 Å². The lowest BCUT2D eigenvalue weighted by molar-refractivity contribution is -0.385. The molecular weight excluding hydrogens is 374 g/mol. The predicted molar refractivity (Wildman–Crippen MR) is 111 cm³/mol. The molecule has 0 radical (unpaired) electrons. The lowest BCUT2D eigenvalue weighted by Crippen LogP contribution is -2.18. The van der Waals surface area contributed by atoms with Gasteiger partial charge in [-0.15, -0.1) is 0 Å². The highest BCUT2D eigenvalue weighted by Gasteiger charge is 2.22. The number of benzene rings is 2. The number of nitro benzene ring substituents is 1. The molecule has 152 valence electrons. The first-order valence-electron chi connectivity index (χ1n) is 9.30. The van der Waals surface area contributed by atoms with E-state index in [1.54, 1.807) is 6.07 Å². The number of aryl methyl sites for hydroxylation is 2. The number of carbonyl (C=O) groups is 1. The predicted octanol–water partition coefficient (Wildman–Crippen LogP) is 4.54. The molecule has 0 spiro atoms. The van der Waals surface area contributed by atoms with Crippen molar-refractivity contribution in [3.63, 3.8) is 0 Å². The molecule has 0 aliphatic heterocycles. The number of hydrogen-bond acceptors (Lipinski definition) is 5. The van der Waals surface area contributed by atoms with Crippen molar-refractivity contribution in [3.05, 3.63) is 57.8 Å². The summed E-state index contributed by atoms with van der Waals surface area (Å²) in [5, 5.41) is 14.9.